The van der Waals surface area contributed by atoms with Gasteiger partial charge in [-0.05, 0) is 0 Å². The number of hydrogen-bond donors (Lipinski definition) is 13. The van der Waals surface area contributed by atoms with Crippen molar-refractivity contribution in [2.75, 3.05) is 33.0 Å². The smallest absolute Gasteiger partial charge is 0.187 e. The van der Waals surface area contributed by atoms with Gasteiger partial charge in [-0.1, -0.05) is 0 Å². The van der Waals surface area contributed by atoms with Crippen LogP contribution in [0, 0.1) is 0 Å². The number of hydrogen-bond acceptors (Lipinski definition) is 22. The van der Waals surface area contributed by atoms with E-state index in [1.807, 2.05) is 0 Å². The van der Waals surface area contributed by atoms with Crippen molar-refractivity contribution in [1.29, 1.82) is 0 Å². The molecule has 21 atom stereocenters. The highest BCUT2D eigenvalue weighted by atomic mass is 16.8. The first-order valence-electron chi connectivity index (χ1n) is 15.3. The minimum Gasteiger partial charge on any atom is -0.394 e. The van der Waals surface area contributed by atoms with E-state index in [0.29, 0.717) is 0 Å². The van der Waals surface area contributed by atoms with Crippen molar-refractivity contribution >= 4 is 0 Å². The Bertz CT molecular complexity index is 1010. The molecule has 5 saturated heterocycles. The molecule has 5 fully saturated rings. The molecule has 13 N–H and O–H groups in total. The Morgan fingerprint density at radius 3 is 1.54 bits per heavy atom. The van der Waals surface area contributed by atoms with Crippen molar-refractivity contribution in [1.82, 2.24) is 0 Å². The molecule has 0 saturated carbocycles. The second kappa shape index (κ2) is 16.2. The first-order valence-corrected chi connectivity index (χ1v) is 15.3. The molecule has 5 heterocycles. The van der Waals surface area contributed by atoms with E-state index in [4.69, 9.17) is 42.6 Å². The molecule has 0 radical (unpaired) electrons. The van der Waals surface area contributed by atoms with Gasteiger partial charge in [0.1, 0.15) is 97.7 Å². The SMILES string of the molecule is OC[C@@H](O)[C@@H]1O[C@@H](O[C@H]2[C@@H](O[C@@H]3[C@@H](O[C@@H]4O[C@@H](CO)[C@H](O)[C@H]4O)[C@H](CO)O[C@H]3O)O[C@@H](CO[C@@H]3O[C@@H](CO)[C@H](O)[C@H]3O)[C@@H]2O)[C@H](O)[C@H]1O. The summed E-state index contributed by atoms with van der Waals surface area (Å²) in [7, 11) is 0. The lowest BCUT2D eigenvalue weighted by molar-refractivity contribution is -0.285. The third-order valence-corrected chi connectivity index (χ3v) is 8.88. The van der Waals surface area contributed by atoms with Crippen molar-refractivity contribution < 1.29 is 109 Å². The Morgan fingerprint density at radius 2 is 0.958 bits per heavy atom. The molecule has 5 aliphatic heterocycles. The first-order chi connectivity index (χ1) is 22.8. The van der Waals surface area contributed by atoms with Crippen molar-refractivity contribution in [2.45, 2.75) is 129 Å². The molecule has 0 aliphatic carbocycles. The van der Waals surface area contributed by atoms with Crippen LogP contribution in [0.1, 0.15) is 0 Å². The van der Waals surface area contributed by atoms with Crippen molar-refractivity contribution in [3.8, 4) is 0 Å². The molecule has 0 bridgehead atoms. The van der Waals surface area contributed by atoms with E-state index in [9.17, 15) is 66.4 Å². The van der Waals surface area contributed by atoms with Gasteiger partial charge < -0.3 is 109 Å². The van der Waals surface area contributed by atoms with Gasteiger partial charge in [0.2, 0.25) is 0 Å². The summed E-state index contributed by atoms with van der Waals surface area (Å²) >= 11 is 0. The Kier molecular flexibility index (Phi) is 12.9. The summed E-state index contributed by atoms with van der Waals surface area (Å²) in [6, 6.07) is 0. The monoisotopic (exact) mass is 708 g/mol. The summed E-state index contributed by atoms with van der Waals surface area (Å²) in [6.07, 6.45) is -32.9. The van der Waals surface area contributed by atoms with Gasteiger partial charge in [0.25, 0.3) is 0 Å². The highest BCUT2D eigenvalue weighted by Gasteiger charge is 2.57. The minimum atomic E-state index is -1.85. The van der Waals surface area contributed by atoms with Gasteiger partial charge in [-0.3, -0.25) is 0 Å². The summed E-state index contributed by atoms with van der Waals surface area (Å²) < 4.78 is 49.9. The Labute approximate surface area is 271 Å². The second-order valence-corrected chi connectivity index (χ2v) is 12.0. The summed E-state index contributed by atoms with van der Waals surface area (Å²) in [5, 5.41) is 131. The van der Waals surface area contributed by atoms with Crippen LogP contribution in [0.2, 0.25) is 0 Å². The summed E-state index contributed by atoms with van der Waals surface area (Å²) in [5.41, 5.74) is 0. The van der Waals surface area contributed by atoms with Gasteiger partial charge in [0.15, 0.2) is 31.5 Å². The van der Waals surface area contributed by atoms with E-state index < -0.39 is 162 Å². The maximum atomic E-state index is 11.2. The van der Waals surface area contributed by atoms with E-state index in [1.165, 1.54) is 0 Å². The second-order valence-electron chi connectivity index (χ2n) is 12.0. The predicted octanol–water partition coefficient (Wildman–Crippen LogP) is -9.37. The third kappa shape index (κ3) is 7.51. The highest BCUT2D eigenvalue weighted by Crippen LogP contribution is 2.37. The normalized spacial score (nSPS) is 51.7. The molecular weight excluding hydrogens is 664 g/mol. The molecule has 5 rings (SSSR count). The van der Waals surface area contributed by atoms with E-state index in [1.54, 1.807) is 0 Å². The average molecular weight is 709 g/mol. The van der Waals surface area contributed by atoms with Gasteiger partial charge in [-0.15, -0.1) is 0 Å². The van der Waals surface area contributed by atoms with Gasteiger partial charge in [-0.25, -0.2) is 0 Å². The zero-order chi connectivity index (χ0) is 35.0. The topological polar surface area (TPSA) is 346 Å². The maximum absolute atomic E-state index is 11.2. The molecule has 0 unspecified atom stereocenters. The van der Waals surface area contributed by atoms with Gasteiger partial charge in [0, 0.05) is 0 Å². The fraction of sp³-hybridized carbons (Fsp3) is 1.00. The molecule has 0 spiro atoms. The van der Waals surface area contributed by atoms with Crippen LogP contribution >= 0.6 is 0 Å². The lowest BCUT2D eigenvalue weighted by Gasteiger charge is -2.31. The molecule has 22 nitrogen and oxygen atoms in total. The Balaban J connectivity index is 1.33. The van der Waals surface area contributed by atoms with Crippen LogP contribution in [-0.4, -0.2) is 229 Å². The number of rotatable bonds is 14. The van der Waals surface area contributed by atoms with Crippen LogP contribution in [0.15, 0.2) is 0 Å². The van der Waals surface area contributed by atoms with Gasteiger partial charge in [-0.2, -0.15) is 0 Å². The van der Waals surface area contributed by atoms with Crippen LogP contribution in [0.3, 0.4) is 0 Å². The van der Waals surface area contributed by atoms with Crippen molar-refractivity contribution in [3.63, 3.8) is 0 Å². The summed E-state index contributed by atoms with van der Waals surface area (Å²) in [5.74, 6) is 0. The van der Waals surface area contributed by atoms with Crippen molar-refractivity contribution in [3.05, 3.63) is 0 Å². The quantitative estimate of drug-likeness (QED) is 0.0796. The number of ether oxygens (including phenoxy) is 9. The van der Waals surface area contributed by atoms with Crippen LogP contribution < -0.4 is 0 Å². The van der Waals surface area contributed by atoms with E-state index in [-0.39, 0.29) is 0 Å². The zero-order valence-electron chi connectivity index (χ0n) is 25.1. The van der Waals surface area contributed by atoms with E-state index in [0.717, 1.165) is 0 Å². The standard InChI is InChI=1S/C26H44O22/c27-1-6(31)18-14(35)17(38)25(45-18)47-20-13(34)10(5-40-23-15(36)11(32)7(2-28)42-23)44-26(20)48-21-19(9(4-30)41-22(21)39)46-24-16(37)12(33)8(3-29)43-24/h6-39H,1-5H2/t6-,7+,8+,9+,10+,11+,12+,13+,14-,15-,16-,17-,18+,19+,20-,21-,22-,23-,24+,25+,26-/m1/s1. The van der Waals surface area contributed by atoms with Gasteiger partial charge in [0.05, 0.1) is 33.0 Å². The molecule has 22 heteroatoms. The number of aliphatic hydroxyl groups excluding tert-OH is 13. The Morgan fingerprint density at radius 1 is 0.458 bits per heavy atom. The molecular formula is C26H44O22. The minimum absolute atomic E-state index is 0.568. The molecule has 280 valence electrons. The maximum Gasteiger partial charge on any atom is 0.187 e. The zero-order valence-corrected chi connectivity index (χ0v) is 25.1. The lowest BCUT2D eigenvalue weighted by atomic mass is 10.1. The lowest BCUT2D eigenvalue weighted by Crippen LogP contribution is -2.48. The van der Waals surface area contributed by atoms with Crippen LogP contribution in [0.5, 0.6) is 0 Å². The van der Waals surface area contributed by atoms with E-state index >= 15 is 0 Å². The van der Waals surface area contributed by atoms with Crippen LogP contribution in [-0.2, 0) is 42.6 Å². The first kappa shape index (κ1) is 38.4. The number of aliphatic hydroxyl groups is 13. The van der Waals surface area contributed by atoms with Crippen molar-refractivity contribution in [2.24, 2.45) is 0 Å². The molecule has 0 aromatic rings. The van der Waals surface area contributed by atoms with Crippen LogP contribution in [0.25, 0.3) is 0 Å². The fourth-order valence-electron chi connectivity index (χ4n) is 6.10. The highest BCUT2D eigenvalue weighted by molar-refractivity contribution is 4.97. The summed E-state index contributed by atoms with van der Waals surface area (Å²) in [4.78, 5) is 0. The molecule has 0 aromatic carbocycles. The largest absolute Gasteiger partial charge is 0.394 e. The molecule has 0 amide bonds. The van der Waals surface area contributed by atoms with Crippen LogP contribution in [0.4, 0.5) is 0 Å². The molecule has 5 aliphatic rings. The fourth-order valence-corrected chi connectivity index (χ4v) is 6.10. The Hall–Kier alpha value is -0.880. The molecule has 0 aromatic heterocycles. The average Bonchev–Trinajstić information content (AvgIpc) is 3.81. The van der Waals surface area contributed by atoms with E-state index in [2.05, 4.69) is 0 Å². The summed E-state index contributed by atoms with van der Waals surface area (Å²) in [6.45, 7) is -3.48. The van der Waals surface area contributed by atoms with Gasteiger partial charge >= 0.3 is 0 Å². The third-order valence-electron chi connectivity index (χ3n) is 8.88. The molecule has 48 heavy (non-hydrogen) atoms. The predicted molar refractivity (Wildman–Crippen MR) is 142 cm³/mol.